The van der Waals surface area contributed by atoms with Crippen molar-refractivity contribution in [1.82, 2.24) is 4.72 Å². The molecule has 0 amide bonds. The molecule has 1 saturated carbocycles. The fourth-order valence-electron chi connectivity index (χ4n) is 2.19. The van der Waals surface area contributed by atoms with E-state index in [9.17, 15) is 8.94 Å². The second kappa shape index (κ2) is 6.55. The second-order valence-corrected chi connectivity index (χ2v) is 8.85. The quantitative estimate of drug-likeness (QED) is 0.622. The van der Waals surface area contributed by atoms with Crippen molar-refractivity contribution in [2.75, 3.05) is 5.73 Å². The number of rotatable bonds is 6. The van der Waals surface area contributed by atoms with E-state index < -0.39 is 17.2 Å². The molecule has 0 aliphatic heterocycles. The van der Waals surface area contributed by atoms with E-state index in [1.165, 1.54) is 18.9 Å². The van der Waals surface area contributed by atoms with Gasteiger partial charge in [0.1, 0.15) is 10.6 Å². The molecule has 0 bridgehead atoms. The SMILES string of the molecule is CC(C)(C)[S@@+]([O-])NC(CCC1CC1)c1ccc(F)c(N)c1. The number of halogens is 1. The van der Waals surface area contributed by atoms with Gasteiger partial charge in [-0.2, -0.15) is 0 Å². The molecule has 2 rings (SSSR count). The normalized spacial score (nSPS) is 18.5. The van der Waals surface area contributed by atoms with E-state index in [1.54, 1.807) is 12.1 Å². The van der Waals surface area contributed by atoms with Crippen molar-refractivity contribution >= 4 is 17.0 Å². The van der Waals surface area contributed by atoms with Gasteiger partial charge in [-0.05, 0) is 57.2 Å². The highest BCUT2D eigenvalue weighted by Gasteiger charge is 2.31. The maximum atomic E-state index is 13.3. The molecule has 1 aromatic carbocycles. The topological polar surface area (TPSA) is 61.1 Å². The van der Waals surface area contributed by atoms with Gasteiger partial charge < -0.3 is 10.3 Å². The van der Waals surface area contributed by atoms with Crippen molar-refractivity contribution in [1.29, 1.82) is 0 Å². The molecule has 0 aromatic heterocycles. The minimum absolute atomic E-state index is 0.0476. The molecule has 1 fully saturated rings. The Morgan fingerprint density at radius 1 is 1.43 bits per heavy atom. The van der Waals surface area contributed by atoms with Gasteiger partial charge in [0, 0.05) is 11.4 Å². The molecule has 5 heteroatoms. The lowest BCUT2D eigenvalue weighted by atomic mass is 10.0. The van der Waals surface area contributed by atoms with E-state index >= 15 is 0 Å². The highest BCUT2D eigenvalue weighted by molar-refractivity contribution is 7.90. The van der Waals surface area contributed by atoms with Crippen molar-refractivity contribution in [3.8, 4) is 0 Å². The van der Waals surface area contributed by atoms with Crippen LogP contribution >= 0.6 is 0 Å². The number of benzene rings is 1. The molecule has 0 heterocycles. The standard InChI is InChI=1S/C16H25FN2OS/c1-16(2,3)21(20)19-15(9-6-11-4-5-11)12-7-8-13(17)14(18)10-12/h7-8,10-11,15,19H,4-6,9,18H2,1-3H3/t15?,21-/m1/s1. The first-order chi connectivity index (χ1) is 9.77. The van der Waals surface area contributed by atoms with Crippen LogP contribution in [0.5, 0.6) is 0 Å². The molecule has 118 valence electrons. The van der Waals surface area contributed by atoms with Crippen LogP contribution in [-0.2, 0) is 11.4 Å². The smallest absolute Gasteiger partial charge is 0.146 e. The zero-order chi connectivity index (χ0) is 15.6. The molecule has 0 saturated heterocycles. The Morgan fingerprint density at radius 2 is 2.10 bits per heavy atom. The van der Waals surface area contributed by atoms with Crippen LogP contribution in [0.25, 0.3) is 0 Å². The van der Waals surface area contributed by atoms with E-state index in [0.29, 0.717) is 0 Å². The fraction of sp³-hybridized carbons (Fsp3) is 0.625. The summed E-state index contributed by atoms with van der Waals surface area (Å²) in [6.07, 6.45) is 4.59. The summed E-state index contributed by atoms with van der Waals surface area (Å²) in [6.45, 7) is 5.81. The third kappa shape index (κ3) is 4.87. The number of nitrogens with one attached hydrogen (secondary N) is 1. The van der Waals surface area contributed by atoms with Gasteiger partial charge in [0.15, 0.2) is 0 Å². The number of hydrogen-bond donors (Lipinski definition) is 2. The van der Waals surface area contributed by atoms with Crippen LogP contribution in [0.15, 0.2) is 18.2 Å². The first-order valence-corrected chi connectivity index (χ1v) is 8.65. The predicted molar refractivity (Wildman–Crippen MR) is 86.5 cm³/mol. The summed E-state index contributed by atoms with van der Waals surface area (Å²) in [5.41, 5.74) is 6.72. The average Bonchev–Trinajstić information content (AvgIpc) is 3.20. The van der Waals surface area contributed by atoms with Gasteiger partial charge in [-0.1, -0.05) is 18.9 Å². The third-order valence-electron chi connectivity index (χ3n) is 3.79. The molecule has 1 aromatic rings. The van der Waals surface area contributed by atoms with Crippen molar-refractivity contribution < 1.29 is 8.94 Å². The maximum absolute atomic E-state index is 13.3. The van der Waals surface area contributed by atoms with Crippen molar-refractivity contribution in [2.45, 2.75) is 57.2 Å². The Balaban J connectivity index is 2.11. The van der Waals surface area contributed by atoms with Crippen molar-refractivity contribution in [3.63, 3.8) is 0 Å². The molecule has 1 aliphatic rings. The molecule has 0 radical (unpaired) electrons. The van der Waals surface area contributed by atoms with E-state index in [1.807, 2.05) is 20.8 Å². The molecule has 21 heavy (non-hydrogen) atoms. The predicted octanol–water partition coefficient (Wildman–Crippen LogP) is 3.69. The molecule has 3 nitrogen and oxygen atoms in total. The van der Waals surface area contributed by atoms with Crippen molar-refractivity contribution in [3.05, 3.63) is 29.6 Å². The Labute approximate surface area is 129 Å². The molecule has 2 atom stereocenters. The molecular weight excluding hydrogens is 287 g/mol. The van der Waals surface area contributed by atoms with E-state index in [0.717, 1.165) is 24.3 Å². The monoisotopic (exact) mass is 312 g/mol. The molecule has 1 aliphatic carbocycles. The molecule has 1 unspecified atom stereocenters. The van der Waals surface area contributed by atoms with Gasteiger partial charge in [-0.3, -0.25) is 0 Å². The maximum Gasteiger partial charge on any atom is 0.146 e. The van der Waals surface area contributed by atoms with Gasteiger partial charge in [-0.15, -0.1) is 4.72 Å². The lowest BCUT2D eigenvalue weighted by Crippen LogP contribution is -2.41. The summed E-state index contributed by atoms with van der Waals surface area (Å²) in [6, 6.07) is 4.72. The zero-order valence-corrected chi connectivity index (χ0v) is 13.8. The third-order valence-corrected chi connectivity index (χ3v) is 5.40. The van der Waals surface area contributed by atoms with Crippen LogP contribution in [0.1, 0.15) is 58.1 Å². The number of hydrogen-bond acceptors (Lipinski definition) is 3. The molecule has 0 spiro atoms. The van der Waals surface area contributed by atoms with Crippen LogP contribution in [0.4, 0.5) is 10.1 Å². The van der Waals surface area contributed by atoms with Crippen molar-refractivity contribution in [2.24, 2.45) is 5.92 Å². The van der Waals surface area contributed by atoms with Gasteiger partial charge in [-0.25, -0.2) is 4.39 Å². The van der Waals surface area contributed by atoms with E-state index in [2.05, 4.69) is 4.72 Å². The minimum Gasteiger partial charge on any atom is -0.598 e. The fourth-order valence-corrected chi connectivity index (χ4v) is 3.05. The van der Waals surface area contributed by atoms with Crippen LogP contribution < -0.4 is 10.5 Å². The van der Waals surface area contributed by atoms with Crippen LogP contribution in [-0.4, -0.2) is 9.30 Å². The lowest BCUT2D eigenvalue weighted by Gasteiger charge is -2.28. The molecule has 3 N–H and O–H groups in total. The highest BCUT2D eigenvalue weighted by Crippen LogP contribution is 2.36. The summed E-state index contributed by atoms with van der Waals surface area (Å²) in [5, 5.41) is 0. The van der Waals surface area contributed by atoms with E-state index in [4.69, 9.17) is 5.73 Å². The minimum atomic E-state index is -1.16. The number of anilines is 1. The summed E-state index contributed by atoms with van der Waals surface area (Å²) in [7, 11) is 0. The van der Waals surface area contributed by atoms with Gasteiger partial charge in [0.25, 0.3) is 0 Å². The number of nitrogen functional groups attached to an aromatic ring is 1. The highest BCUT2D eigenvalue weighted by atomic mass is 32.2. The van der Waals surface area contributed by atoms with Gasteiger partial charge in [0.05, 0.1) is 11.7 Å². The van der Waals surface area contributed by atoms with Gasteiger partial charge >= 0.3 is 0 Å². The lowest BCUT2D eigenvalue weighted by molar-refractivity contribution is 0.494. The number of nitrogens with two attached hydrogens (primary N) is 1. The summed E-state index contributed by atoms with van der Waals surface area (Å²) in [5.74, 6) is 0.395. The summed E-state index contributed by atoms with van der Waals surface area (Å²) >= 11 is -1.16. The summed E-state index contributed by atoms with van der Waals surface area (Å²) < 4.78 is 28.6. The van der Waals surface area contributed by atoms with Crippen LogP contribution in [0.2, 0.25) is 0 Å². The van der Waals surface area contributed by atoms with Gasteiger partial charge in [0.2, 0.25) is 0 Å². The Morgan fingerprint density at radius 3 is 2.62 bits per heavy atom. The second-order valence-electron chi connectivity index (χ2n) is 6.85. The molecular formula is C16H25FN2OS. The first-order valence-electron chi connectivity index (χ1n) is 7.50. The largest absolute Gasteiger partial charge is 0.598 e. The Hall–Kier alpha value is -0.780. The zero-order valence-electron chi connectivity index (χ0n) is 13.0. The van der Waals surface area contributed by atoms with Crippen LogP contribution in [0.3, 0.4) is 0 Å². The van der Waals surface area contributed by atoms with E-state index in [-0.39, 0.29) is 16.5 Å². The first kappa shape index (κ1) is 16.6. The average molecular weight is 312 g/mol. The van der Waals surface area contributed by atoms with Crippen LogP contribution in [0, 0.1) is 11.7 Å². The Bertz CT molecular complexity index is 486. The summed E-state index contributed by atoms with van der Waals surface area (Å²) in [4.78, 5) is 0. The Kier molecular flexibility index (Phi) is 5.17.